The lowest BCUT2D eigenvalue weighted by Crippen LogP contribution is -2.61. The normalized spacial score (nSPS) is 17.0. The molecule has 0 radical (unpaired) electrons. The van der Waals surface area contributed by atoms with E-state index in [1.165, 1.54) is 0 Å². The summed E-state index contributed by atoms with van der Waals surface area (Å²) >= 11 is 0. The van der Waals surface area contributed by atoms with E-state index in [1.54, 1.807) is 67.5 Å². The van der Waals surface area contributed by atoms with Gasteiger partial charge in [0.05, 0.1) is 25.9 Å². The molecule has 7 heteroatoms. The maximum Gasteiger partial charge on any atom is 0.338 e. The summed E-state index contributed by atoms with van der Waals surface area (Å²) in [4.78, 5) is 26.9. The molecule has 2 unspecified atom stereocenters. The van der Waals surface area contributed by atoms with Crippen molar-refractivity contribution in [1.82, 2.24) is 0 Å². The zero-order valence-electron chi connectivity index (χ0n) is 19.4. The van der Waals surface area contributed by atoms with Gasteiger partial charge in [-0.05, 0) is 80.1 Å². The van der Waals surface area contributed by atoms with Gasteiger partial charge in [0.15, 0.2) is 0 Å². The van der Waals surface area contributed by atoms with Crippen molar-refractivity contribution >= 4 is 17.6 Å². The molecule has 0 saturated carbocycles. The monoisotopic (exact) mass is 461 g/mol. The highest BCUT2D eigenvalue weighted by atomic mass is 16.5. The molecule has 1 heterocycles. The van der Waals surface area contributed by atoms with Gasteiger partial charge in [-0.25, -0.2) is 4.79 Å². The molecule has 3 aromatic carbocycles. The fourth-order valence-electron chi connectivity index (χ4n) is 3.89. The molecule has 0 aromatic heterocycles. The number of carbonyl (C=O) groups excluding carboxylic acids is 2. The molecule has 34 heavy (non-hydrogen) atoms. The largest absolute Gasteiger partial charge is 0.497 e. The Morgan fingerprint density at radius 2 is 1.44 bits per heavy atom. The Morgan fingerprint density at radius 3 is 2.03 bits per heavy atom. The molecular weight excluding hydrogens is 434 g/mol. The molecule has 0 aliphatic carbocycles. The highest BCUT2D eigenvalue weighted by molar-refractivity contribution is 6.05. The lowest BCUT2D eigenvalue weighted by Gasteiger charge is -2.46. The molecule has 3 aromatic rings. The number of β-lactam (4-membered cyclic amide) rings is 1. The molecule has 1 amide bonds. The van der Waals surface area contributed by atoms with Crippen LogP contribution in [-0.2, 0) is 9.53 Å². The van der Waals surface area contributed by atoms with Crippen LogP contribution in [0, 0.1) is 0 Å². The van der Waals surface area contributed by atoms with Crippen molar-refractivity contribution in [2.24, 2.45) is 0 Å². The lowest BCUT2D eigenvalue weighted by atomic mass is 9.89. The zero-order chi connectivity index (χ0) is 24.1. The molecule has 1 saturated heterocycles. The summed E-state index contributed by atoms with van der Waals surface area (Å²) in [6.07, 6.45) is -0.698. The van der Waals surface area contributed by atoms with Crippen LogP contribution in [-0.4, -0.2) is 38.3 Å². The van der Waals surface area contributed by atoms with Crippen molar-refractivity contribution in [2.75, 3.05) is 25.2 Å². The van der Waals surface area contributed by atoms with Gasteiger partial charge in [0.2, 0.25) is 6.10 Å². The van der Waals surface area contributed by atoms with E-state index in [1.807, 2.05) is 31.2 Å². The zero-order valence-corrected chi connectivity index (χ0v) is 19.4. The fraction of sp³-hybridized carbons (Fsp3) is 0.259. The minimum Gasteiger partial charge on any atom is -0.497 e. The van der Waals surface area contributed by atoms with Gasteiger partial charge in [-0.2, -0.15) is 0 Å². The summed E-state index contributed by atoms with van der Waals surface area (Å²) in [5, 5.41) is 0. The number of nitrogens with zero attached hydrogens (tertiary/aromatic N) is 1. The van der Waals surface area contributed by atoms with Crippen LogP contribution in [0.15, 0.2) is 72.8 Å². The van der Waals surface area contributed by atoms with Crippen LogP contribution in [0.1, 0.15) is 35.8 Å². The predicted molar refractivity (Wildman–Crippen MR) is 128 cm³/mol. The number of anilines is 1. The number of hydrogen-bond acceptors (Lipinski definition) is 6. The minimum absolute atomic E-state index is 0.168. The summed E-state index contributed by atoms with van der Waals surface area (Å²) in [7, 11) is 1.60. The minimum atomic E-state index is -0.698. The molecule has 0 spiro atoms. The van der Waals surface area contributed by atoms with Crippen LogP contribution in [0.25, 0.3) is 0 Å². The van der Waals surface area contributed by atoms with Crippen molar-refractivity contribution in [3.8, 4) is 17.2 Å². The van der Waals surface area contributed by atoms with Crippen molar-refractivity contribution in [3.05, 3.63) is 83.9 Å². The second kappa shape index (κ2) is 10.3. The van der Waals surface area contributed by atoms with Gasteiger partial charge in [-0.15, -0.1) is 0 Å². The maximum absolute atomic E-state index is 13.2. The van der Waals surface area contributed by atoms with Crippen LogP contribution in [0.4, 0.5) is 5.69 Å². The number of methoxy groups -OCH3 is 1. The van der Waals surface area contributed by atoms with E-state index in [4.69, 9.17) is 18.9 Å². The number of esters is 1. The predicted octanol–water partition coefficient (Wildman–Crippen LogP) is 4.81. The first-order valence-electron chi connectivity index (χ1n) is 11.2. The van der Waals surface area contributed by atoms with E-state index in [0.29, 0.717) is 36.0 Å². The van der Waals surface area contributed by atoms with Gasteiger partial charge in [0, 0.05) is 5.69 Å². The third-order valence-corrected chi connectivity index (χ3v) is 5.56. The molecule has 1 fully saturated rings. The first-order chi connectivity index (χ1) is 16.5. The Labute approximate surface area is 198 Å². The number of carbonyl (C=O) groups is 2. The van der Waals surface area contributed by atoms with Gasteiger partial charge in [-0.3, -0.25) is 9.69 Å². The summed E-state index contributed by atoms with van der Waals surface area (Å²) in [6, 6.07) is 21.2. The number of hydrogen-bond donors (Lipinski definition) is 0. The van der Waals surface area contributed by atoms with Crippen molar-refractivity contribution in [2.45, 2.75) is 26.0 Å². The molecule has 0 N–H and O–H groups in total. The van der Waals surface area contributed by atoms with Gasteiger partial charge < -0.3 is 18.9 Å². The summed E-state index contributed by atoms with van der Waals surface area (Å²) < 4.78 is 21.9. The summed E-state index contributed by atoms with van der Waals surface area (Å²) in [5.74, 6) is 1.48. The molecule has 4 rings (SSSR count). The number of amides is 1. The first kappa shape index (κ1) is 23.2. The first-order valence-corrected chi connectivity index (χ1v) is 11.2. The van der Waals surface area contributed by atoms with Crippen LogP contribution in [0.5, 0.6) is 17.2 Å². The van der Waals surface area contributed by atoms with Crippen LogP contribution >= 0.6 is 0 Å². The van der Waals surface area contributed by atoms with Crippen LogP contribution in [0.2, 0.25) is 0 Å². The highest BCUT2D eigenvalue weighted by Gasteiger charge is 2.51. The van der Waals surface area contributed by atoms with E-state index < -0.39 is 12.1 Å². The van der Waals surface area contributed by atoms with E-state index >= 15 is 0 Å². The molecule has 0 bridgehead atoms. The Morgan fingerprint density at radius 1 is 0.824 bits per heavy atom. The molecule has 1 aliphatic rings. The average Bonchev–Trinajstić information content (AvgIpc) is 2.87. The Kier molecular flexibility index (Phi) is 7.01. The lowest BCUT2D eigenvalue weighted by molar-refractivity contribution is -0.135. The second-order valence-electron chi connectivity index (χ2n) is 7.64. The molecule has 176 valence electrons. The van der Waals surface area contributed by atoms with Gasteiger partial charge >= 0.3 is 5.97 Å². The van der Waals surface area contributed by atoms with Crippen molar-refractivity contribution in [3.63, 3.8) is 0 Å². The number of ether oxygens (including phenoxy) is 4. The van der Waals surface area contributed by atoms with Crippen molar-refractivity contribution < 1.29 is 28.5 Å². The van der Waals surface area contributed by atoms with Gasteiger partial charge in [0.1, 0.15) is 23.3 Å². The Bertz CT molecular complexity index is 1130. The third kappa shape index (κ3) is 4.69. The third-order valence-electron chi connectivity index (χ3n) is 5.56. The molecule has 2 atom stereocenters. The standard InChI is InChI=1S/C27H27NO6/c1-4-32-22-12-8-18(9-13-22)24-25(34-23-16-14-21(31-3)15-17-23)26(29)28(24)20-10-6-19(7-11-20)27(30)33-5-2/h6-17,24-25H,4-5H2,1-3H3. The summed E-state index contributed by atoms with van der Waals surface area (Å²) in [5.41, 5.74) is 2.02. The maximum atomic E-state index is 13.2. The number of rotatable bonds is 9. The van der Waals surface area contributed by atoms with Gasteiger partial charge in [-0.1, -0.05) is 12.1 Å². The van der Waals surface area contributed by atoms with E-state index in [9.17, 15) is 9.59 Å². The van der Waals surface area contributed by atoms with Crippen LogP contribution in [0.3, 0.4) is 0 Å². The summed E-state index contributed by atoms with van der Waals surface area (Å²) in [6.45, 7) is 4.56. The molecule has 7 nitrogen and oxygen atoms in total. The van der Waals surface area contributed by atoms with E-state index in [0.717, 1.165) is 11.3 Å². The Balaban J connectivity index is 1.62. The second-order valence-corrected chi connectivity index (χ2v) is 7.64. The molecular formula is C27H27NO6. The van der Waals surface area contributed by atoms with Gasteiger partial charge in [0.25, 0.3) is 5.91 Å². The molecule has 1 aliphatic heterocycles. The number of benzene rings is 3. The Hall–Kier alpha value is -4.00. The fourth-order valence-corrected chi connectivity index (χ4v) is 3.89. The SMILES string of the molecule is CCOC(=O)c1ccc(N2C(=O)C(Oc3ccc(OC)cc3)C2c2ccc(OCC)cc2)cc1. The highest BCUT2D eigenvalue weighted by Crippen LogP contribution is 2.42. The van der Waals surface area contributed by atoms with Crippen molar-refractivity contribution in [1.29, 1.82) is 0 Å². The van der Waals surface area contributed by atoms with E-state index in [2.05, 4.69) is 0 Å². The quantitative estimate of drug-likeness (QED) is 0.336. The van der Waals surface area contributed by atoms with Crippen LogP contribution < -0.4 is 19.1 Å². The smallest absolute Gasteiger partial charge is 0.338 e. The topological polar surface area (TPSA) is 74.3 Å². The average molecular weight is 462 g/mol. The van der Waals surface area contributed by atoms with E-state index in [-0.39, 0.29) is 11.9 Å².